The van der Waals surface area contributed by atoms with Crippen molar-refractivity contribution in [3.8, 4) is 0 Å². The number of ether oxygens (including phenoxy) is 1. The predicted octanol–water partition coefficient (Wildman–Crippen LogP) is 3.27. The van der Waals surface area contributed by atoms with Crippen LogP contribution < -0.4 is 11.1 Å². The number of rotatable bonds is 3. The Morgan fingerprint density at radius 3 is 2.81 bits per heavy atom. The monoisotopic (exact) mass is 437 g/mol. The molecule has 2 saturated heterocycles. The average molecular weight is 438 g/mol. The number of aromatic nitrogens is 2. The van der Waals surface area contributed by atoms with Gasteiger partial charge in [0.15, 0.2) is 0 Å². The molecule has 2 fully saturated rings. The Hall–Kier alpha value is -2.97. The van der Waals surface area contributed by atoms with Crippen molar-refractivity contribution in [1.82, 2.24) is 20.2 Å². The number of aromatic amines is 1. The molecule has 1 unspecified atom stereocenters. The van der Waals surface area contributed by atoms with Crippen LogP contribution in [0.4, 0.5) is 10.1 Å². The zero-order valence-corrected chi connectivity index (χ0v) is 18.2. The predicted molar refractivity (Wildman–Crippen MR) is 121 cm³/mol. The van der Waals surface area contributed by atoms with Crippen molar-refractivity contribution in [1.29, 1.82) is 0 Å². The number of hydrogen-bond donors (Lipinski definition) is 3. The standard InChI is InChI=1S/C24H28FN5O2/c1-14-2-3-16(19(26)10-14)24(31)30-7-4-15(5-8-30)22-17-11-20(21-13-27-6-9-32-21)29-23(17)28-12-18(22)25/h2-3,10-12,15,21,27H,4-9,13,26H2,1H3,(H,28,29). The van der Waals surface area contributed by atoms with Gasteiger partial charge < -0.3 is 25.7 Å². The summed E-state index contributed by atoms with van der Waals surface area (Å²) in [5.74, 6) is -0.334. The number of H-pyrrole nitrogens is 1. The number of nitrogens with two attached hydrogens (primary N) is 1. The smallest absolute Gasteiger partial charge is 0.255 e. The second-order valence-electron chi connectivity index (χ2n) is 8.73. The Morgan fingerprint density at radius 1 is 1.28 bits per heavy atom. The Balaban J connectivity index is 1.36. The molecule has 3 aromatic rings. The number of aryl methyl sites for hydroxylation is 1. The summed E-state index contributed by atoms with van der Waals surface area (Å²) in [6.45, 7) is 5.27. The summed E-state index contributed by atoms with van der Waals surface area (Å²) in [5, 5.41) is 4.12. The number of amides is 1. The van der Waals surface area contributed by atoms with Gasteiger partial charge in [0, 0.05) is 48.5 Å². The number of nitrogens with one attached hydrogen (secondary N) is 2. The number of nitrogens with zero attached hydrogens (tertiary/aromatic N) is 2. The van der Waals surface area contributed by atoms with Gasteiger partial charge >= 0.3 is 0 Å². The van der Waals surface area contributed by atoms with Crippen molar-refractivity contribution >= 4 is 22.6 Å². The molecule has 0 aliphatic carbocycles. The summed E-state index contributed by atoms with van der Waals surface area (Å²) < 4.78 is 20.8. The van der Waals surface area contributed by atoms with E-state index in [1.54, 1.807) is 6.07 Å². The Morgan fingerprint density at radius 2 is 2.09 bits per heavy atom. The van der Waals surface area contributed by atoms with Crippen LogP contribution in [-0.4, -0.2) is 53.6 Å². The second-order valence-corrected chi connectivity index (χ2v) is 8.73. The number of benzene rings is 1. The lowest BCUT2D eigenvalue weighted by molar-refractivity contribution is 0.0254. The number of likely N-dealkylation sites (tertiary alicyclic amines) is 1. The molecular weight excluding hydrogens is 409 g/mol. The lowest BCUT2D eigenvalue weighted by Crippen LogP contribution is -2.38. The molecule has 0 radical (unpaired) electrons. The number of morpholine rings is 1. The van der Waals surface area contributed by atoms with E-state index in [4.69, 9.17) is 10.5 Å². The molecule has 4 heterocycles. The molecule has 2 aliphatic heterocycles. The Labute approximate surface area is 186 Å². The highest BCUT2D eigenvalue weighted by molar-refractivity contribution is 5.99. The summed E-state index contributed by atoms with van der Waals surface area (Å²) in [7, 11) is 0. The molecule has 4 N–H and O–H groups in total. The third-order valence-electron chi connectivity index (χ3n) is 6.57. The summed E-state index contributed by atoms with van der Waals surface area (Å²) >= 11 is 0. The van der Waals surface area contributed by atoms with Crippen LogP contribution in [0.1, 0.15) is 52.0 Å². The van der Waals surface area contributed by atoms with Crippen LogP contribution in [0.25, 0.3) is 11.0 Å². The van der Waals surface area contributed by atoms with Crippen LogP contribution in [0.15, 0.2) is 30.5 Å². The van der Waals surface area contributed by atoms with Crippen LogP contribution in [0, 0.1) is 12.7 Å². The molecule has 2 aromatic heterocycles. The van der Waals surface area contributed by atoms with Gasteiger partial charge in [0.1, 0.15) is 17.6 Å². The van der Waals surface area contributed by atoms with Gasteiger partial charge in [-0.25, -0.2) is 9.37 Å². The molecule has 0 saturated carbocycles. The zero-order chi connectivity index (χ0) is 22.2. The van der Waals surface area contributed by atoms with Crippen molar-refractivity contribution in [2.75, 3.05) is 38.5 Å². The van der Waals surface area contributed by atoms with E-state index in [2.05, 4.69) is 15.3 Å². The molecule has 0 spiro atoms. The average Bonchev–Trinajstić information content (AvgIpc) is 3.24. The highest BCUT2D eigenvalue weighted by Crippen LogP contribution is 2.36. The highest BCUT2D eigenvalue weighted by atomic mass is 19.1. The molecule has 1 amide bonds. The van der Waals surface area contributed by atoms with Gasteiger partial charge in [0.25, 0.3) is 5.91 Å². The summed E-state index contributed by atoms with van der Waals surface area (Å²) in [4.78, 5) is 22.4. The summed E-state index contributed by atoms with van der Waals surface area (Å²) in [5.41, 5.74) is 10.4. The lowest BCUT2D eigenvalue weighted by Gasteiger charge is -2.33. The van der Waals surface area contributed by atoms with E-state index >= 15 is 0 Å². The molecule has 1 atom stereocenters. The maximum Gasteiger partial charge on any atom is 0.255 e. The molecule has 168 valence electrons. The number of piperidine rings is 1. The fourth-order valence-electron chi connectivity index (χ4n) is 4.86. The van der Waals surface area contributed by atoms with Gasteiger partial charge in [-0.1, -0.05) is 6.07 Å². The van der Waals surface area contributed by atoms with E-state index in [1.807, 2.05) is 30.0 Å². The lowest BCUT2D eigenvalue weighted by atomic mass is 9.87. The first-order valence-corrected chi connectivity index (χ1v) is 11.2. The third-order valence-corrected chi connectivity index (χ3v) is 6.57. The first-order valence-electron chi connectivity index (χ1n) is 11.2. The minimum Gasteiger partial charge on any atom is -0.398 e. The molecular formula is C24H28FN5O2. The van der Waals surface area contributed by atoms with Crippen molar-refractivity contribution < 1.29 is 13.9 Å². The number of fused-ring (bicyclic) bond motifs is 1. The SMILES string of the molecule is Cc1ccc(C(=O)N2CCC(c3c(F)cnc4[nH]c(C5CNCCO5)cc34)CC2)c(N)c1. The summed E-state index contributed by atoms with van der Waals surface area (Å²) in [6.07, 6.45) is 2.58. The van der Waals surface area contributed by atoms with Crippen molar-refractivity contribution in [3.63, 3.8) is 0 Å². The first kappa shape index (κ1) is 20.9. The number of anilines is 1. The number of carbonyl (C=O) groups is 1. The molecule has 7 nitrogen and oxygen atoms in total. The molecule has 1 aromatic carbocycles. The Bertz CT molecular complexity index is 1150. The molecule has 2 aliphatic rings. The van der Waals surface area contributed by atoms with E-state index in [0.29, 0.717) is 61.5 Å². The van der Waals surface area contributed by atoms with Gasteiger partial charge in [0.2, 0.25) is 0 Å². The van der Waals surface area contributed by atoms with Crippen LogP contribution >= 0.6 is 0 Å². The first-order chi connectivity index (χ1) is 15.5. The fourth-order valence-corrected chi connectivity index (χ4v) is 4.86. The molecule has 5 rings (SSSR count). The van der Waals surface area contributed by atoms with E-state index in [1.165, 1.54) is 6.20 Å². The number of halogens is 1. The Kier molecular flexibility index (Phi) is 5.57. The third kappa shape index (κ3) is 3.84. The quantitative estimate of drug-likeness (QED) is 0.547. The van der Waals surface area contributed by atoms with Gasteiger partial charge in [-0.2, -0.15) is 0 Å². The van der Waals surface area contributed by atoms with E-state index < -0.39 is 0 Å². The molecule has 0 bridgehead atoms. The van der Waals surface area contributed by atoms with E-state index in [9.17, 15) is 9.18 Å². The van der Waals surface area contributed by atoms with Gasteiger partial charge in [0.05, 0.1) is 18.4 Å². The zero-order valence-electron chi connectivity index (χ0n) is 18.2. The summed E-state index contributed by atoms with van der Waals surface area (Å²) in [6, 6.07) is 7.48. The molecule has 32 heavy (non-hydrogen) atoms. The van der Waals surface area contributed by atoms with Gasteiger partial charge in [-0.3, -0.25) is 4.79 Å². The topological polar surface area (TPSA) is 96.3 Å². The largest absolute Gasteiger partial charge is 0.398 e. The fraction of sp³-hybridized carbons (Fsp3) is 0.417. The maximum absolute atomic E-state index is 14.9. The number of hydrogen-bond acceptors (Lipinski definition) is 5. The van der Waals surface area contributed by atoms with Crippen molar-refractivity contribution in [2.45, 2.75) is 31.8 Å². The number of carbonyl (C=O) groups excluding carboxylic acids is 1. The molecule has 8 heteroatoms. The van der Waals surface area contributed by atoms with Crippen LogP contribution in [-0.2, 0) is 4.74 Å². The van der Waals surface area contributed by atoms with Crippen molar-refractivity contribution in [3.05, 3.63) is 58.7 Å². The minimum absolute atomic E-state index is 0.0222. The highest BCUT2D eigenvalue weighted by Gasteiger charge is 2.29. The van der Waals surface area contributed by atoms with Crippen LogP contribution in [0.5, 0.6) is 0 Å². The maximum atomic E-state index is 14.9. The van der Waals surface area contributed by atoms with Crippen LogP contribution in [0.3, 0.4) is 0 Å². The van der Waals surface area contributed by atoms with E-state index in [0.717, 1.165) is 23.2 Å². The minimum atomic E-state index is -0.293. The van der Waals surface area contributed by atoms with Crippen LogP contribution in [0.2, 0.25) is 0 Å². The normalized spacial score (nSPS) is 20.1. The van der Waals surface area contributed by atoms with Gasteiger partial charge in [-0.15, -0.1) is 0 Å². The second kappa shape index (κ2) is 8.52. The number of pyridine rings is 1. The van der Waals surface area contributed by atoms with E-state index in [-0.39, 0.29) is 23.7 Å². The number of nitrogen functional groups attached to an aromatic ring is 1. The van der Waals surface area contributed by atoms with Gasteiger partial charge in [-0.05, 0) is 49.4 Å². The van der Waals surface area contributed by atoms with Crippen molar-refractivity contribution in [2.24, 2.45) is 0 Å².